The molecule has 2 heterocycles. The lowest BCUT2D eigenvalue weighted by Gasteiger charge is -2.28. The van der Waals surface area contributed by atoms with Gasteiger partial charge in [0.2, 0.25) is 0 Å². The summed E-state index contributed by atoms with van der Waals surface area (Å²) >= 11 is 0. The summed E-state index contributed by atoms with van der Waals surface area (Å²) < 4.78 is 35.9. The van der Waals surface area contributed by atoms with Crippen LogP contribution >= 0.6 is 0 Å². The zero-order valence-electron chi connectivity index (χ0n) is 19.7. The average Bonchev–Trinajstić information content (AvgIpc) is 3.14. The molecule has 1 amide bonds. The van der Waals surface area contributed by atoms with E-state index >= 15 is 0 Å². The zero-order chi connectivity index (χ0) is 24.5. The first-order chi connectivity index (χ1) is 16.2. The van der Waals surface area contributed by atoms with Gasteiger partial charge in [-0.2, -0.15) is 0 Å². The van der Waals surface area contributed by atoms with Crippen LogP contribution in [0.5, 0.6) is 5.75 Å². The smallest absolute Gasteiger partial charge is 0.290 e. The number of fused-ring (bicyclic) bond motifs is 1. The molecule has 7 nitrogen and oxygen atoms in total. The molecule has 3 aromatic rings. The van der Waals surface area contributed by atoms with Crippen molar-refractivity contribution in [1.82, 2.24) is 4.90 Å². The number of rotatable bonds is 7. The van der Waals surface area contributed by atoms with Crippen LogP contribution in [0.15, 0.2) is 51.7 Å². The number of amides is 1. The van der Waals surface area contributed by atoms with Gasteiger partial charge in [0.15, 0.2) is 21.0 Å². The Morgan fingerprint density at radius 1 is 1.15 bits per heavy atom. The topological polar surface area (TPSA) is 93.9 Å². The number of aryl methyl sites for hydroxylation is 2. The third-order valence-electron chi connectivity index (χ3n) is 6.04. The molecule has 1 aromatic heterocycles. The van der Waals surface area contributed by atoms with Crippen molar-refractivity contribution in [2.45, 2.75) is 46.2 Å². The van der Waals surface area contributed by atoms with Crippen molar-refractivity contribution in [2.75, 3.05) is 18.1 Å². The van der Waals surface area contributed by atoms with Crippen LogP contribution < -0.4 is 10.2 Å². The highest BCUT2D eigenvalue weighted by molar-refractivity contribution is 7.91. The van der Waals surface area contributed by atoms with Crippen LogP contribution in [0.2, 0.25) is 0 Å². The van der Waals surface area contributed by atoms with Crippen molar-refractivity contribution in [2.24, 2.45) is 0 Å². The molecule has 1 saturated heterocycles. The first-order valence-electron chi connectivity index (χ1n) is 11.4. The Bertz CT molecular complexity index is 1370. The van der Waals surface area contributed by atoms with Gasteiger partial charge in [0.05, 0.1) is 23.5 Å². The SMILES string of the molecule is CCCOc1ccc(CN(C(=O)c2cc(=O)c3c(C)cc(C)cc3o2)[C@@H]2CCS(=O)(=O)C2)cc1. The van der Waals surface area contributed by atoms with E-state index in [0.717, 1.165) is 28.9 Å². The maximum Gasteiger partial charge on any atom is 0.290 e. The minimum Gasteiger partial charge on any atom is -0.494 e. The van der Waals surface area contributed by atoms with Crippen molar-refractivity contribution in [3.63, 3.8) is 0 Å². The summed E-state index contributed by atoms with van der Waals surface area (Å²) in [6, 6.07) is 11.7. The Morgan fingerprint density at radius 3 is 2.53 bits per heavy atom. The summed E-state index contributed by atoms with van der Waals surface area (Å²) in [4.78, 5) is 27.9. The predicted molar refractivity (Wildman–Crippen MR) is 131 cm³/mol. The van der Waals surface area contributed by atoms with Gasteiger partial charge in [-0.15, -0.1) is 0 Å². The van der Waals surface area contributed by atoms with E-state index in [1.165, 1.54) is 11.0 Å². The molecule has 34 heavy (non-hydrogen) atoms. The molecule has 1 atom stereocenters. The first kappa shape index (κ1) is 24.0. The van der Waals surface area contributed by atoms with Gasteiger partial charge in [-0.1, -0.05) is 25.1 Å². The van der Waals surface area contributed by atoms with Crippen LogP contribution in [-0.2, 0) is 16.4 Å². The van der Waals surface area contributed by atoms with Gasteiger partial charge in [-0.3, -0.25) is 9.59 Å². The van der Waals surface area contributed by atoms with E-state index in [2.05, 4.69) is 0 Å². The third kappa shape index (κ3) is 5.17. The van der Waals surface area contributed by atoms with Crippen molar-refractivity contribution in [3.8, 4) is 5.75 Å². The Morgan fingerprint density at radius 2 is 1.88 bits per heavy atom. The van der Waals surface area contributed by atoms with Gasteiger partial charge < -0.3 is 14.1 Å². The van der Waals surface area contributed by atoms with Crippen molar-refractivity contribution in [1.29, 1.82) is 0 Å². The normalized spacial score (nSPS) is 17.1. The quantitative estimate of drug-likeness (QED) is 0.504. The number of ether oxygens (including phenoxy) is 1. The summed E-state index contributed by atoms with van der Waals surface area (Å²) in [5.41, 5.74) is 2.59. The fraction of sp³-hybridized carbons (Fsp3) is 0.385. The van der Waals surface area contributed by atoms with Gasteiger partial charge >= 0.3 is 0 Å². The molecular formula is C26H29NO6S. The molecule has 180 valence electrons. The number of carbonyl (C=O) groups excluding carboxylic acids is 1. The van der Waals surface area contributed by atoms with Gasteiger partial charge in [-0.05, 0) is 61.6 Å². The second-order valence-electron chi connectivity index (χ2n) is 8.91. The molecular weight excluding hydrogens is 454 g/mol. The lowest BCUT2D eigenvalue weighted by Crippen LogP contribution is -2.40. The minimum absolute atomic E-state index is 0.0330. The largest absolute Gasteiger partial charge is 0.494 e. The number of sulfone groups is 1. The van der Waals surface area contributed by atoms with Crippen molar-refractivity contribution >= 4 is 26.7 Å². The molecule has 4 rings (SSSR count). The Balaban J connectivity index is 1.69. The Kier molecular flexibility index (Phi) is 6.79. The van der Waals surface area contributed by atoms with E-state index in [1.54, 1.807) is 6.07 Å². The van der Waals surface area contributed by atoms with E-state index in [-0.39, 0.29) is 29.2 Å². The summed E-state index contributed by atoms with van der Waals surface area (Å²) in [7, 11) is -3.23. The molecule has 0 spiro atoms. The van der Waals surface area contributed by atoms with Gasteiger partial charge in [0, 0.05) is 18.7 Å². The molecule has 0 N–H and O–H groups in total. The van der Waals surface area contributed by atoms with E-state index < -0.39 is 21.8 Å². The summed E-state index contributed by atoms with van der Waals surface area (Å²) in [6.45, 7) is 6.56. The second-order valence-corrected chi connectivity index (χ2v) is 11.1. The molecule has 0 aliphatic carbocycles. The minimum atomic E-state index is -3.23. The number of hydrogen-bond donors (Lipinski definition) is 0. The highest BCUT2D eigenvalue weighted by Gasteiger charge is 2.36. The average molecular weight is 484 g/mol. The second kappa shape index (κ2) is 9.62. The molecule has 0 saturated carbocycles. The van der Waals surface area contributed by atoms with Crippen LogP contribution in [0, 0.1) is 13.8 Å². The van der Waals surface area contributed by atoms with Crippen LogP contribution in [0.25, 0.3) is 11.0 Å². The lowest BCUT2D eigenvalue weighted by molar-refractivity contribution is 0.0648. The molecule has 8 heteroatoms. The monoisotopic (exact) mass is 483 g/mol. The fourth-order valence-corrected chi connectivity index (χ4v) is 6.14. The maximum absolute atomic E-state index is 13.6. The van der Waals surface area contributed by atoms with E-state index in [1.807, 2.05) is 51.1 Å². The predicted octanol–water partition coefficient (Wildman–Crippen LogP) is 4.03. The van der Waals surface area contributed by atoms with Crippen LogP contribution in [0.4, 0.5) is 0 Å². The summed E-state index contributed by atoms with van der Waals surface area (Å²) in [6.07, 6.45) is 1.25. The number of nitrogens with zero attached hydrogens (tertiary/aromatic N) is 1. The maximum atomic E-state index is 13.6. The van der Waals surface area contributed by atoms with Crippen LogP contribution in [0.3, 0.4) is 0 Å². The Labute approximate surface area is 199 Å². The number of hydrogen-bond acceptors (Lipinski definition) is 6. The third-order valence-corrected chi connectivity index (χ3v) is 7.79. The van der Waals surface area contributed by atoms with Crippen LogP contribution in [-0.4, -0.2) is 43.4 Å². The first-order valence-corrected chi connectivity index (χ1v) is 13.3. The standard InChI is InChI=1S/C26H29NO6S/c1-4-10-32-21-7-5-19(6-8-21)15-27(20-9-11-34(30,31)16-20)26(29)24-14-22(28)25-18(3)12-17(2)13-23(25)33-24/h5-8,12-14,20H,4,9-11,15-16H2,1-3H3/t20-/m1/s1. The summed E-state index contributed by atoms with van der Waals surface area (Å²) in [5.74, 6) is 0.0806. The molecule has 1 aliphatic rings. The zero-order valence-corrected chi connectivity index (χ0v) is 20.5. The Hall–Kier alpha value is -3.13. The van der Waals surface area contributed by atoms with Crippen molar-refractivity contribution in [3.05, 3.63) is 75.1 Å². The molecule has 1 fully saturated rings. The number of carbonyl (C=O) groups is 1. The molecule has 2 aromatic carbocycles. The lowest BCUT2D eigenvalue weighted by atomic mass is 10.1. The molecule has 0 radical (unpaired) electrons. The van der Waals surface area contributed by atoms with Crippen LogP contribution in [0.1, 0.15) is 47.0 Å². The highest BCUT2D eigenvalue weighted by Crippen LogP contribution is 2.25. The van der Waals surface area contributed by atoms with Gasteiger partial charge in [0.25, 0.3) is 5.91 Å². The number of benzene rings is 2. The molecule has 0 unspecified atom stereocenters. The van der Waals surface area contributed by atoms with E-state index in [4.69, 9.17) is 9.15 Å². The summed E-state index contributed by atoms with van der Waals surface area (Å²) in [5, 5.41) is 0.444. The van der Waals surface area contributed by atoms with E-state index in [9.17, 15) is 18.0 Å². The molecule has 0 bridgehead atoms. The molecule has 1 aliphatic heterocycles. The fourth-order valence-electron chi connectivity index (χ4n) is 4.41. The highest BCUT2D eigenvalue weighted by atomic mass is 32.2. The van der Waals surface area contributed by atoms with Gasteiger partial charge in [-0.25, -0.2) is 8.42 Å². The van der Waals surface area contributed by atoms with Crippen molar-refractivity contribution < 1.29 is 22.4 Å². The van der Waals surface area contributed by atoms with E-state index in [0.29, 0.717) is 24.0 Å². The van der Waals surface area contributed by atoms with Gasteiger partial charge in [0.1, 0.15) is 11.3 Å².